The van der Waals surface area contributed by atoms with Gasteiger partial charge < -0.3 is 9.64 Å². The molecule has 0 spiro atoms. The van der Waals surface area contributed by atoms with Gasteiger partial charge >= 0.3 is 5.97 Å². The van der Waals surface area contributed by atoms with Gasteiger partial charge in [0.1, 0.15) is 0 Å². The Hall–Kier alpha value is -1.62. The van der Waals surface area contributed by atoms with E-state index in [1.54, 1.807) is 20.2 Å². The van der Waals surface area contributed by atoms with Gasteiger partial charge in [0.25, 0.3) is 0 Å². The molecule has 2 N–H and O–H groups in total. The highest BCUT2D eigenvalue weighted by atomic mass is 32.2. The third kappa shape index (κ3) is 4.26. The quantitative estimate of drug-likeness (QED) is 0.658. The predicted octanol–water partition coefficient (Wildman–Crippen LogP) is 0.778. The van der Waals surface area contributed by atoms with Gasteiger partial charge in [0.05, 0.1) is 25.4 Å². The SMILES string of the molecule is CCOC(=O)C1=C(CC)N(CNS(=O)NC)C(c2nccs2)=NC1. The molecule has 0 aliphatic carbocycles. The number of nitrogens with zero attached hydrogens (tertiary/aromatic N) is 3. The molecule has 132 valence electrons. The zero-order valence-corrected chi connectivity index (χ0v) is 15.5. The van der Waals surface area contributed by atoms with E-state index in [1.165, 1.54) is 11.3 Å². The lowest BCUT2D eigenvalue weighted by Gasteiger charge is -2.32. The van der Waals surface area contributed by atoms with Crippen LogP contribution >= 0.6 is 11.3 Å². The number of aliphatic imine (C=N–C) groups is 1. The molecule has 1 aromatic heterocycles. The van der Waals surface area contributed by atoms with Crippen molar-refractivity contribution < 1.29 is 13.7 Å². The Bertz CT molecular complexity index is 657. The first kappa shape index (κ1) is 18.7. The number of hydrogen-bond donors (Lipinski definition) is 2. The van der Waals surface area contributed by atoms with E-state index in [4.69, 9.17) is 4.74 Å². The van der Waals surface area contributed by atoms with Crippen molar-refractivity contribution in [3.63, 3.8) is 0 Å². The fraction of sp³-hybridized carbons (Fsp3) is 0.500. The monoisotopic (exact) mass is 371 g/mol. The molecule has 0 saturated heterocycles. The number of hydrogen-bond acceptors (Lipinski definition) is 7. The van der Waals surface area contributed by atoms with Crippen molar-refractivity contribution in [2.75, 3.05) is 26.9 Å². The van der Waals surface area contributed by atoms with Crippen LogP contribution in [-0.4, -0.2) is 52.8 Å². The van der Waals surface area contributed by atoms with E-state index < -0.39 is 11.2 Å². The van der Waals surface area contributed by atoms with Gasteiger partial charge in [0, 0.05) is 17.3 Å². The minimum atomic E-state index is -1.39. The van der Waals surface area contributed by atoms with Crippen molar-refractivity contribution in [2.24, 2.45) is 4.99 Å². The van der Waals surface area contributed by atoms with Gasteiger partial charge in [-0.15, -0.1) is 11.3 Å². The molecule has 0 aromatic carbocycles. The smallest absolute Gasteiger partial charge is 0.337 e. The zero-order valence-electron chi connectivity index (χ0n) is 13.9. The molecule has 2 rings (SSSR count). The summed E-state index contributed by atoms with van der Waals surface area (Å²) in [6.45, 7) is 4.53. The predicted molar refractivity (Wildman–Crippen MR) is 94.5 cm³/mol. The van der Waals surface area contributed by atoms with Crippen LogP contribution in [0, 0.1) is 0 Å². The molecule has 0 fully saturated rings. The Balaban J connectivity index is 2.34. The first-order chi connectivity index (χ1) is 11.6. The summed E-state index contributed by atoms with van der Waals surface area (Å²) in [4.78, 5) is 22.9. The van der Waals surface area contributed by atoms with Crippen molar-refractivity contribution in [1.82, 2.24) is 19.3 Å². The van der Waals surface area contributed by atoms with Crippen molar-refractivity contribution in [3.8, 4) is 0 Å². The van der Waals surface area contributed by atoms with Crippen molar-refractivity contribution in [1.29, 1.82) is 0 Å². The molecule has 0 radical (unpaired) electrons. The number of aromatic nitrogens is 1. The van der Waals surface area contributed by atoms with Gasteiger partial charge in [-0.2, -0.15) is 0 Å². The fourth-order valence-corrected chi connectivity index (χ4v) is 3.35. The Morgan fingerprint density at radius 2 is 2.29 bits per heavy atom. The summed E-state index contributed by atoms with van der Waals surface area (Å²) < 4.78 is 22.3. The lowest BCUT2D eigenvalue weighted by Crippen LogP contribution is -2.44. The summed E-state index contributed by atoms with van der Waals surface area (Å²) in [6.07, 6.45) is 2.32. The number of thiazole rings is 1. The van der Waals surface area contributed by atoms with Crippen LogP contribution in [-0.2, 0) is 20.7 Å². The molecule has 0 bridgehead atoms. The lowest BCUT2D eigenvalue weighted by molar-refractivity contribution is -0.138. The molecule has 0 amide bonds. The van der Waals surface area contributed by atoms with E-state index in [0.29, 0.717) is 24.4 Å². The van der Waals surface area contributed by atoms with Gasteiger partial charge in [-0.25, -0.2) is 23.4 Å². The number of amidine groups is 1. The number of esters is 1. The number of nitrogens with one attached hydrogen (secondary N) is 2. The maximum atomic E-state index is 12.2. The molecule has 1 atom stereocenters. The highest BCUT2D eigenvalue weighted by molar-refractivity contribution is 7.80. The number of carbonyl (C=O) groups is 1. The van der Waals surface area contributed by atoms with Crippen LogP contribution < -0.4 is 9.44 Å². The molecule has 1 aliphatic heterocycles. The molecule has 2 heterocycles. The first-order valence-corrected chi connectivity index (χ1v) is 9.58. The zero-order chi connectivity index (χ0) is 17.5. The molecule has 0 saturated carbocycles. The second kappa shape index (κ2) is 9.02. The van der Waals surface area contributed by atoms with Crippen LogP contribution in [0.2, 0.25) is 0 Å². The van der Waals surface area contributed by atoms with Crippen LogP contribution in [0.3, 0.4) is 0 Å². The molecular formula is C14H21N5O3S2. The number of rotatable bonds is 8. The van der Waals surface area contributed by atoms with Gasteiger partial charge in [-0.1, -0.05) is 6.92 Å². The second-order valence-corrected chi connectivity index (χ2v) is 6.81. The van der Waals surface area contributed by atoms with E-state index in [2.05, 4.69) is 19.4 Å². The second-order valence-electron chi connectivity index (χ2n) is 4.68. The third-order valence-corrected chi connectivity index (χ3v) is 4.87. The lowest BCUT2D eigenvalue weighted by atomic mass is 10.1. The largest absolute Gasteiger partial charge is 0.463 e. The van der Waals surface area contributed by atoms with Gasteiger partial charge in [-0.05, 0) is 20.4 Å². The maximum absolute atomic E-state index is 12.2. The van der Waals surface area contributed by atoms with Crippen molar-refractivity contribution in [3.05, 3.63) is 27.9 Å². The Labute approximate surface area is 147 Å². The highest BCUT2D eigenvalue weighted by Crippen LogP contribution is 2.24. The van der Waals surface area contributed by atoms with Gasteiger partial charge in [0.15, 0.2) is 22.0 Å². The molecule has 1 aliphatic rings. The van der Waals surface area contributed by atoms with Crippen LogP contribution in [0.25, 0.3) is 0 Å². The van der Waals surface area contributed by atoms with E-state index in [-0.39, 0.29) is 19.2 Å². The average molecular weight is 371 g/mol. The van der Waals surface area contributed by atoms with E-state index in [0.717, 1.165) is 10.7 Å². The first-order valence-electron chi connectivity index (χ1n) is 7.55. The molecular weight excluding hydrogens is 350 g/mol. The molecule has 1 aromatic rings. The summed E-state index contributed by atoms with van der Waals surface area (Å²) in [5, 5.41) is 2.62. The fourth-order valence-electron chi connectivity index (χ4n) is 2.31. The topological polar surface area (TPSA) is 95.9 Å². The summed E-state index contributed by atoms with van der Waals surface area (Å²) >= 11 is 0.0789. The summed E-state index contributed by atoms with van der Waals surface area (Å²) in [5.41, 5.74) is 1.32. The number of carbonyl (C=O) groups excluding carboxylic acids is 1. The summed E-state index contributed by atoms with van der Waals surface area (Å²) in [6, 6.07) is 0. The Kier molecular flexibility index (Phi) is 7.03. The molecule has 1 unspecified atom stereocenters. The molecule has 10 heteroatoms. The van der Waals surface area contributed by atoms with Gasteiger partial charge in [0.2, 0.25) is 0 Å². The van der Waals surface area contributed by atoms with Crippen molar-refractivity contribution >= 4 is 34.3 Å². The Morgan fingerprint density at radius 1 is 1.50 bits per heavy atom. The average Bonchev–Trinajstić information content (AvgIpc) is 3.13. The normalized spacial score (nSPS) is 16.1. The maximum Gasteiger partial charge on any atom is 0.337 e. The molecule has 8 nitrogen and oxygen atoms in total. The molecule has 24 heavy (non-hydrogen) atoms. The third-order valence-electron chi connectivity index (χ3n) is 3.34. The summed E-state index contributed by atoms with van der Waals surface area (Å²) in [5.74, 6) is 0.298. The van der Waals surface area contributed by atoms with E-state index in [1.807, 2.05) is 17.2 Å². The standard InChI is InChI=1S/C14H21N5O3S2/c1-4-11-10(14(20)22-5-2)8-17-12(13-16-6-7-23-13)19(11)9-18-24(21)15-3/h6-7,15,18H,4-5,8-9H2,1-3H3. The number of allylic oxidation sites excluding steroid dienone is 1. The van der Waals surface area contributed by atoms with Crippen LogP contribution in [0.1, 0.15) is 25.3 Å². The van der Waals surface area contributed by atoms with Crippen LogP contribution in [0.15, 0.2) is 27.8 Å². The van der Waals surface area contributed by atoms with Crippen molar-refractivity contribution in [2.45, 2.75) is 20.3 Å². The van der Waals surface area contributed by atoms with Crippen LogP contribution in [0.5, 0.6) is 0 Å². The van der Waals surface area contributed by atoms with E-state index >= 15 is 0 Å². The summed E-state index contributed by atoms with van der Waals surface area (Å²) in [7, 11) is 1.59. The minimum absolute atomic E-state index is 0.234. The van der Waals surface area contributed by atoms with Crippen LogP contribution in [0.4, 0.5) is 0 Å². The Morgan fingerprint density at radius 3 is 2.88 bits per heavy atom. The minimum Gasteiger partial charge on any atom is -0.463 e. The highest BCUT2D eigenvalue weighted by Gasteiger charge is 2.29. The number of ether oxygens (including phenoxy) is 1. The van der Waals surface area contributed by atoms with E-state index in [9.17, 15) is 9.00 Å². The van der Waals surface area contributed by atoms with Gasteiger partial charge in [-0.3, -0.25) is 4.99 Å².